The summed E-state index contributed by atoms with van der Waals surface area (Å²) in [5, 5.41) is 3.80. The van der Waals surface area contributed by atoms with Crippen LogP contribution in [0.4, 0.5) is 0 Å². The first-order chi connectivity index (χ1) is 10.1. The van der Waals surface area contributed by atoms with E-state index in [1.54, 1.807) is 0 Å². The summed E-state index contributed by atoms with van der Waals surface area (Å²) in [5.74, 6) is 1.68. The molecule has 2 aliphatic rings. The van der Waals surface area contributed by atoms with Gasteiger partial charge in [-0.15, -0.1) is 0 Å². The van der Waals surface area contributed by atoms with Crippen molar-refractivity contribution in [3.63, 3.8) is 0 Å². The molecule has 2 fully saturated rings. The number of rotatable bonds is 5. The average molecular weight is 287 g/mol. The van der Waals surface area contributed by atoms with Gasteiger partial charge < -0.3 is 5.32 Å². The van der Waals surface area contributed by atoms with Crippen molar-refractivity contribution in [2.24, 2.45) is 11.8 Å². The van der Waals surface area contributed by atoms with Crippen LogP contribution in [0.1, 0.15) is 44.5 Å². The molecule has 1 saturated heterocycles. The minimum Gasteiger partial charge on any atom is -0.311 e. The highest BCUT2D eigenvalue weighted by molar-refractivity contribution is 5.10. The Morgan fingerprint density at radius 3 is 2.81 bits per heavy atom. The Bertz CT molecular complexity index is 467. The van der Waals surface area contributed by atoms with Gasteiger partial charge in [0, 0.05) is 37.4 Å². The lowest BCUT2D eigenvalue weighted by Gasteiger charge is -2.41. The molecule has 1 saturated carbocycles. The summed E-state index contributed by atoms with van der Waals surface area (Å²) in [6, 6.07) is 7.75. The Kier molecular flexibility index (Phi) is 4.60. The van der Waals surface area contributed by atoms with E-state index in [0.29, 0.717) is 12.1 Å². The smallest absolute Gasteiger partial charge is 0.0547 e. The standard InChI is InChI=1S/C18H29N3/c1-13(2)9-17-10-19-18(15-7-8-15)12-21(17)11-16-6-4-5-14(3)20-16/h4-6,13,15,17-19H,7-12H2,1-3H3. The van der Waals surface area contributed by atoms with Crippen LogP contribution in [-0.2, 0) is 6.54 Å². The van der Waals surface area contributed by atoms with E-state index in [-0.39, 0.29) is 0 Å². The van der Waals surface area contributed by atoms with Gasteiger partial charge in [-0.3, -0.25) is 9.88 Å². The van der Waals surface area contributed by atoms with E-state index < -0.39 is 0 Å². The van der Waals surface area contributed by atoms with Crippen LogP contribution in [-0.4, -0.2) is 35.1 Å². The monoisotopic (exact) mass is 287 g/mol. The molecule has 2 heterocycles. The molecule has 1 aliphatic heterocycles. The zero-order valence-electron chi connectivity index (χ0n) is 13.7. The zero-order chi connectivity index (χ0) is 14.8. The number of hydrogen-bond donors (Lipinski definition) is 1. The molecule has 0 aromatic carbocycles. The summed E-state index contributed by atoms with van der Waals surface area (Å²) >= 11 is 0. The topological polar surface area (TPSA) is 28.2 Å². The molecule has 2 unspecified atom stereocenters. The fourth-order valence-electron chi connectivity index (χ4n) is 3.56. The van der Waals surface area contributed by atoms with Gasteiger partial charge in [-0.05, 0) is 50.2 Å². The lowest BCUT2D eigenvalue weighted by Crippen LogP contribution is -2.57. The van der Waals surface area contributed by atoms with E-state index in [1.807, 2.05) is 0 Å². The molecule has 3 rings (SSSR count). The molecule has 21 heavy (non-hydrogen) atoms. The maximum Gasteiger partial charge on any atom is 0.0547 e. The first-order valence-corrected chi connectivity index (χ1v) is 8.52. The van der Waals surface area contributed by atoms with Crippen LogP contribution in [0.5, 0.6) is 0 Å². The third-order valence-electron chi connectivity index (χ3n) is 4.81. The Labute approximate surface area is 129 Å². The fourth-order valence-corrected chi connectivity index (χ4v) is 3.56. The average Bonchev–Trinajstić information content (AvgIpc) is 3.24. The number of pyridine rings is 1. The number of aromatic nitrogens is 1. The van der Waals surface area contributed by atoms with Crippen molar-refractivity contribution in [1.29, 1.82) is 0 Å². The highest BCUT2D eigenvalue weighted by atomic mass is 15.2. The van der Waals surface area contributed by atoms with Gasteiger partial charge in [0.1, 0.15) is 0 Å². The quantitative estimate of drug-likeness (QED) is 0.902. The second kappa shape index (κ2) is 6.45. The molecule has 1 N–H and O–H groups in total. The van der Waals surface area contributed by atoms with E-state index >= 15 is 0 Å². The number of hydrogen-bond acceptors (Lipinski definition) is 3. The summed E-state index contributed by atoms with van der Waals surface area (Å²) < 4.78 is 0. The van der Waals surface area contributed by atoms with Crippen molar-refractivity contribution in [1.82, 2.24) is 15.2 Å². The summed E-state index contributed by atoms with van der Waals surface area (Å²) in [6.07, 6.45) is 4.11. The van der Waals surface area contributed by atoms with E-state index in [4.69, 9.17) is 4.98 Å². The van der Waals surface area contributed by atoms with Crippen molar-refractivity contribution < 1.29 is 0 Å². The maximum atomic E-state index is 4.70. The third kappa shape index (κ3) is 4.04. The van der Waals surface area contributed by atoms with Crippen LogP contribution >= 0.6 is 0 Å². The molecule has 0 radical (unpaired) electrons. The van der Waals surface area contributed by atoms with Crippen LogP contribution < -0.4 is 5.32 Å². The normalized spacial score (nSPS) is 27.2. The molecule has 2 atom stereocenters. The van der Waals surface area contributed by atoms with E-state index in [0.717, 1.165) is 30.6 Å². The molecule has 0 bridgehead atoms. The largest absolute Gasteiger partial charge is 0.311 e. The Balaban J connectivity index is 1.69. The molecular weight excluding hydrogens is 258 g/mol. The number of aryl methyl sites for hydroxylation is 1. The van der Waals surface area contributed by atoms with Crippen molar-refractivity contribution >= 4 is 0 Å². The maximum absolute atomic E-state index is 4.70. The molecule has 3 nitrogen and oxygen atoms in total. The molecule has 1 aromatic rings. The Morgan fingerprint density at radius 1 is 1.33 bits per heavy atom. The van der Waals surface area contributed by atoms with E-state index in [9.17, 15) is 0 Å². The zero-order valence-corrected chi connectivity index (χ0v) is 13.7. The van der Waals surface area contributed by atoms with Gasteiger partial charge in [-0.1, -0.05) is 19.9 Å². The van der Waals surface area contributed by atoms with Crippen LogP contribution in [0.25, 0.3) is 0 Å². The summed E-state index contributed by atoms with van der Waals surface area (Å²) in [5.41, 5.74) is 2.35. The van der Waals surface area contributed by atoms with Gasteiger partial charge in [0.25, 0.3) is 0 Å². The predicted molar refractivity (Wildman–Crippen MR) is 87.1 cm³/mol. The lowest BCUT2D eigenvalue weighted by atomic mass is 9.97. The van der Waals surface area contributed by atoms with Crippen LogP contribution in [0.2, 0.25) is 0 Å². The molecule has 116 valence electrons. The van der Waals surface area contributed by atoms with E-state index in [2.05, 4.69) is 49.2 Å². The van der Waals surface area contributed by atoms with Crippen LogP contribution in [0.15, 0.2) is 18.2 Å². The summed E-state index contributed by atoms with van der Waals surface area (Å²) in [7, 11) is 0. The Hall–Kier alpha value is -0.930. The number of nitrogens with one attached hydrogen (secondary N) is 1. The van der Waals surface area contributed by atoms with Crippen molar-refractivity contribution in [2.75, 3.05) is 13.1 Å². The van der Waals surface area contributed by atoms with Gasteiger partial charge in [0.15, 0.2) is 0 Å². The highest BCUT2D eigenvalue weighted by Crippen LogP contribution is 2.35. The van der Waals surface area contributed by atoms with E-state index in [1.165, 1.54) is 31.5 Å². The van der Waals surface area contributed by atoms with Gasteiger partial charge >= 0.3 is 0 Å². The van der Waals surface area contributed by atoms with Crippen molar-refractivity contribution in [2.45, 2.75) is 58.7 Å². The second-order valence-corrected chi connectivity index (χ2v) is 7.34. The minimum atomic E-state index is 0.655. The molecule has 0 amide bonds. The van der Waals surface area contributed by atoms with Crippen molar-refractivity contribution in [3.05, 3.63) is 29.6 Å². The first-order valence-electron chi connectivity index (χ1n) is 8.52. The summed E-state index contributed by atoms with van der Waals surface area (Å²) in [6.45, 7) is 10.1. The van der Waals surface area contributed by atoms with Crippen molar-refractivity contribution in [3.8, 4) is 0 Å². The van der Waals surface area contributed by atoms with Crippen LogP contribution in [0.3, 0.4) is 0 Å². The molecule has 1 aliphatic carbocycles. The Morgan fingerprint density at radius 2 is 2.14 bits per heavy atom. The van der Waals surface area contributed by atoms with Gasteiger partial charge in [-0.2, -0.15) is 0 Å². The fraction of sp³-hybridized carbons (Fsp3) is 0.722. The molecule has 3 heteroatoms. The van der Waals surface area contributed by atoms with Crippen LogP contribution in [0, 0.1) is 18.8 Å². The van der Waals surface area contributed by atoms with Gasteiger partial charge in [0.05, 0.1) is 5.69 Å². The second-order valence-electron chi connectivity index (χ2n) is 7.34. The predicted octanol–water partition coefficient (Wildman–Crippen LogP) is 2.99. The molecule has 0 spiro atoms. The van der Waals surface area contributed by atoms with Gasteiger partial charge in [0.2, 0.25) is 0 Å². The SMILES string of the molecule is Cc1cccc(CN2CC(C3CC3)NCC2CC(C)C)n1. The lowest BCUT2D eigenvalue weighted by molar-refractivity contribution is 0.0986. The number of piperazine rings is 1. The highest BCUT2D eigenvalue weighted by Gasteiger charge is 2.37. The minimum absolute atomic E-state index is 0.655. The number of nitrogens with zero attached hydrogens (tertiary/aromatic N) is 2. The summed E-state index contributed by atoms with van der Waals surface area (Å²) in [4.78, 5) is 7.39. The molecule has 1 aromatic heterocycles. The third-order valence-corrected chi connectivity index (χ3v) is 4.81. The first kappa shape index (κ1) is 15.0. The van der Waals surface area contributed by atoms with Gasteiger partial charge in [-0.25, -0.2) is 0 Å². The molecular formula is C18H29N3.